The lowest BCUT2D eigenvalue weighted by molar-refractivity contribution is -0.136. The smallest absolute Gasteiger partial charge is 0.309 e. The van der Waals surface area contributed by atoms with E-state index < -0.39 is 5.97 Å². The van der Waals surface area contributed by atoms with Crippen LogP contribution in [0.3, 0.4) is 0 Å². The quantitative estimate of drug-likeness (QED) is 0.785. The monoisotopic (exact) mass is 310 g/mol. The van der Waals surface area contributed by atoms with E-state index in [1.165, 1.54) is 0 Å². The van der Waals surface area contributed by atoms with Gasteiger partial charge < -0.3 is 14.2 Å². The number of aromatic nitrogens is 2. The molecule has 0 radical (unpaired) electrons. The number of carboxylic acid groups (broad SMARTS) is 1. The Balaban J connectivity index is 2.12. The predicted molar refractivity (Wildman–Crippen MR) is 87.9 cm³/mol. The fraction of sp³-hybridized carbons (Fsp3) is 0.222. The Morgan fingerprint density at radius 1 is 1.26 bits per heavy atom. The van der Waals surface area contributed by atoms with Crippen molar-refractivity contribution in [2.45, 2.75) is 20.3 Å². The minimum absolute atomic E-state index is 0.0766. The van der Waals surface area contributed by atoms with Crippen LogP contribution in [0, 0.1) is 6.92 Å². The number of aliphatic carboxylic acids is 1. The highest BCUT2D eigenvalue weighted by atomic mass is 16.5. The van der Waals surface area contributed by atoms with Crippen molar-refractivity contribution in [1.29, 1.82) is 0 Å². The summed E-state index contributed by atoms with van der Waals surface area (Å²) in [5.74, 6) is -0.0878. The number of nitrogens with zero attached hydrogens (tertiary/aromatic N) is 2. The molecule has 2 heterocycles. The fourth-order valence-corrected chi connectivity index (χ4v) is 2.62. The molecular weight excluding hydrogens is 292 g/mol. The Morgan fingerprint density at radius 2 is 2.00 bits per heavy atom. The fourth-order valence-electron chi connectivity index (χ4n) is 2.62. The molecule has 0 aliphatic heterocycles. The molecule has 0 aliphatic rings. The van der Waals surface area contributed by atoms with Gasteiger partial charge in [-0.15, -0.1) is 0 Å². The predicted octanol–water partition coefficient (Wildman–Crippen LogP) is 3.34. The van der Waals surface area contributed by atoms with Crippen LogP contribution < -0.4 is 4.74 Å². The Morgan fingerprint density at radius 3 is 2.65 bits per heavy atom. The third-order valence-electron chi connectivity index (χ3n) is 3.64. The second-order valence-electron chi connectivity index (χ2n) is 5.37. The van der Waals surface area contributed by atoms with E-state index in [0.717, 1.165) is 22.5 Å². The number of fused-ring (bicyclic) bond motifs is 1. The highest BCUT2D eigenvalue weighted by Gasteiger charge is 2.16. The molecule has 3 rings (SSSR count). The van der Waals surface area contributed by atoms with Crippen LogP contribution in [0.2, 0.25) is 0 Å². The van der Waals surface area contributed by atoms with Crippen LogP contribution in [-0.4, -0.2) is 27.1 Å². The maximum Gasteiger partial charge on any atom is 0.309 e. The van der Waals surface area contributed by atoms with E-state index in [2.05, 4.69) is 4.98 Å². The Bertz CT molecular complexity index is 851. The van der Waals surface area contributed by atoms with Gasteiger partial charge in [-0.25, -0.2) is 4.98 Å². The number of ether oxygens (including phenoxy) is 1. The summed E-state index contributed by atoms with van der Waals surface area (Å²) in [5.41, 5.74) is 4.09. The van der Waals surface area contributed by atoms with Crippen molar-refractivity contribution in [3.05, 3.63) is 53.9 Å². The normalized spacial score (nSPS) is 10.9. The van der Waals surface area contributed by atoms with Crippen molar-refractivity contribution in [3.8, 4) is 17.0 Å². The first kappa shape index (κ1) is 15.1. The molecule has 0 bridgehead atoms. The SMILES string of the molecule is CCOc1ccc(-c2nc3cc(C)ccn3c2CC(=O)O)cc1. The molecule has 3 aromatic rings. The lowest BCUT2D eigenvalue weighted by Crippen LogP contribution is -2.04. The molecule has 0 saturated carbocycles. The van der Waals surface area contributed by atoms with Crippen molar-refractivity contribution in [2.75, 3.05) is 6.61 Å². The van der Waals surface area contributed by atoms with Gasteiger partial charge in [0.1, 0.15) is 11.4 Å². The number of carbonyl (C=O) groups is 1. The molecule has 5 nitrogen and oxygen atoms in total. The number of pyridine rings is 1. The minimum Gasteiger partial charge on any atom is -0.494 e. The van der Waals surface area contributed by atoms with Gasteiger partial charge in [0.05, 0.1) is 24.4 Å². The van der Waals surface area contributed by atoms with Crippen LogP contribution in [0.25, 0.3) is 16.9 Å². The summed E-state index contributed by atoms with van der Waals surface area (Å²) in [7, 11) is 0. The number of hydrogen-bond donors (Lipinski definition) is 1. The number of rotatable bonds is 5. The van der Waals surface area contributed by atoms with Crippen molar-refractivity contribution < 1.29 is 14.6 Å². The average molecular weight is 310 g/mol. The molecule has 1 N–H and O–H groups in total. The molecule has 0 saturated heterocycles. The maximum absolute atomic E-state index is 11.2. The second kappa shape index (κ2) is 6.12. The molecule has 23 heavy (non-hydrogen) atoms. The maximum atomic E-state index is 11.2. The molecule has 0 unspecified atom stereocenters. The third-order valence-corrected chi connectivity index (χ3v) is 3.64. The van der Waals surface area contributed by atoms with Crippen LogP contribution >= 0.6 is 0 Å². The van der Waals surface area contributed by atoms with E-state index in [1.807, 2.05) is 60.8 Å². The molecule has 0 atom stereocenters. The van der Waals surface area contributed by atoms with Crippen LogP contribution in [0.4, 0.5) is 0 Å². The lowest BCUT2D eigenvalue weighted by atomic mass is 10.1. The number of imidazole rings is 1. The standard InChI is InChI=1S/C18H18N2O3/c1-3-23-14-6-4-13(5-7-14)18-15(11-17(21)22)20-9-8-12(2)10-16(20)19-18/h4-10H,3,11H2,1-2H3,(H,21,22). The van der Waals surface area contributed by atoms with Crippen molar-refractivity contribution >= 4 is 11.6 Å². The molecule has 0 aliphatic carbocycles. The van der Waals surface area contributed by atoms with Gasteiger partial charge in [0.25, 0.3) is 0 Å². The second-order valence-corrected chi connectivity index (χ2v) is 5.37. The number of benzene rings is 1. The van der Waals surface area contributed by atoms with E-state index in [4.69, 9.17) is 4.74 Å². The zero-order chi connectivity index (χ0) is 16.4. The first-order chi connectivity index (χ1) is 11.1. The lowest BCUT2D eigenvalue weighted by Gasteiger charge is -2.05. The van der Waals surface area contributed by atoms with E-state index in [-0.39, 0.29) is 6.42 Å². The Hall–Kier alpha value is -2.82. The largest absolute Gasteiger partial charge is 0.494 e. The van der Waals surface area contributed by atoms with Crippen molar-refractivity contribution in [2.24, 2.45) is 0 Å². The van der Waals surface area contributed by atoms with Gasteiger partial charge in [-0.3, -0.25) is 4.79 Å². The first-order valence-electron chi connectivity index (χ1n) is 7.51. The summed E-state index contributed by atoms with van der Waals surface area (Å²) < 4.78 is 7.29. The summed E-state index contributed by atoms with van der Waals surface area (Å²) in [5, 5.41) is 9.22. The molecule has 0 fully saturated rings. The first-order valence-corrected chi connectivity index (χ1v) is 7.51. The summed E-state index contributed by atoms with van der Waals surface area (Å²) in [6.45, 7) is 4.53. The van der Waals surface area contributed by atoms with Gasteiger partial charge in [0.2, 0.25) is 0 Å². The van der Waals surface area contributed by atoms with E-state index in [0.29, 0.717) is 18.0 Å². The summed E-state index contributed by atoms with van der Waals surface area (Å²) >= 11 is 0. The topological polar surface area (TPSA) is 63.8 Å². The summed E-state index contributed by atoms with van der Waals surface area (Å²) in [6.07, 6.45) is 1.79. The van der Waals surface area contributed by atoms with E-state index in [9.17, 15) is 9.90 Å². The van der Waals surface area contributed by atoms with Gasteiger partial charge in [-0.05, 0) is 55.8 Å². The third kappa shape index (κ3) is 3.04. The molecule has 1 aromatic carbocycles. The van der Waals surface area contributed by atoms with Crippen LogP contribution in [0.15, 0.2) is 42.6 Å². The van der Waals surface area contributed by atoms with Gasteiger partial charge in [0.15, 0.2) is 0 Å². The zero-order valence-corrected chi connectivity index (χ0v) is 13.1. The molecule has 5 heteroatoms. The summed E-state index contributed by atoms with van der Waals surface area (Å²) in [6, 6.07) is 11.5. The van der Waals surface area contributed by atoms with Gasteiger partial charge in [-0.2, -0.15) is 0 Å². The van der Waals surface area contributed by atoms with Gasteiger partial charge in [-0.1, -0.05) is 0 Å². The number of aryl methyl sites for hydroxylation is 1. The number of carboxylic acids is 1. The Labute approximate surface area is 134 Å². The zero-order valence-electron chi connectivity index (χ0n) is 13.1. The molecular formula is C18H18N2O3. The van der Waals surface area contributed by atoms with Crippen molar-refractivity contribution in [3.63, 3.8) is 0 Å². The number of hydrogen-bond acceptors (Lipinski definition) is 3. The average Bonchev–Trinajstić information content (AvgIpc) is 2.85. The molecule has 118 valence electrons. The highest BCUT2D eigenvalue weighted by molar-refractivity contribution is 5.76. The van der Waals surface area contributed by atoms with Gasteiger partial charge in [0, 0.05) is 11.8 Å². The Kier molecular flexibility index (Phi) is 4.02. The van der Waals surface area contributed by atoms with Crippen LogP contribution in [0.5, 0.6) is 5.75 Å². The molecule has 2 aromatic heterocycles. The van der Waals surface area contributed by atoms with E-state index >= 15 is 0 Å². The van der Waals surface area contributed by atoms with E-state index in [1.54, 1.807) is 0 Å². The van der Waals surface area contributed by atoms with Gasteiger partial charge >= 0.3 is 5.97 Å². The van der Waals surface area contributed by atoms with Crippen LogP contribution in [0.1, 0.15) is 18.2 Å². The molecule has 0 spiro atoms. The minimum atomic E-state index is -0.875. The molecule has 0 amide bonds. The van der Waals surface area contributed by atoms with Crippen molar-refractivity contribution in [1.82, 2.24) is 9.38 Å². The highest BCUT2D eigenvalue weighted by Crippen LogP contribution is 2.27. The van der Waals surface area contributed by atoms with Crippen LogP contribution in [-0.2, 0) is 11.2 Å². The summed E-state index contributed by atoms with van der Waals surface area (Å²) in [4.78, 5) is 15.9.